The number of para-hydroxylation sites is 1. The van der Waals surface area contributed by atoms with Gasteiger partial charge < -0.3 is 14.3 Å². The molecule has 1 heterocycles. The maximum atomic E-state index is 12.7. The fraction of sp³-hybridized carbons (Fsp3) is 0.353. The van der Waals surface area contributed by atoms with Gasteiger partial charge in [0.05, 0.1) is 12.8 Å². The quantitative estimate of drug-likeness (QED) is 0.438. The van der Waals surface area contributed by atoms with E-state index >= 15 is 0 Å². The van der Waals surface area contributed by atoms with Gasteiger partial charge in [-0.15, -0.1) is 0 Å². The first-order chi connectivity index (χ1) is 14.2. The molecule has 30 heavy (non-hydrogen) atoms. The first kappa shape index (κ1) is 22.8. The van der Waals surface area contributed by atoms with Crippen LogP contribution in [0.3, 0.4) is 0 Å². The third-order valence-corrected chi connectivity index (χ3v) is 4.66. The highest BCUT2D eigenvalue weighted by atomic mass is 32.2. The van der Waals surface area contributed by atoms with E-state index in [1.165, 1.54) is 25.3 Å². The number of aryl methyl sites for hydroxylation is 1. The molecule has 1 aromatic heterocycles. The predicted octanol–water partition coefficient (Wildman–Crippen LogP) is 1.49. The van der Waals surface area contributed by atoms with Gasteiger partial charge in [-0.3, -0.25) is 5.32 Å². The van der Waals surface area contributed by atoms with Gasteiger partial charge in [-0.25, -0.2) is 17.9 Å². The van der Waals surface area contributed by atoms with Gasteiger partial charge in [-0.1, -0.05) is 17.3 Å². The molecule has 2 amide bonds. The average Bonchev–Trinajstić information content (AvgIpc) is 2.69. The van der Waals surface area contributed by atoms with Gasteiger partial charge >= 0.3 is 12.0 Å². The van der Waals surface area contributed by atoms with Gasteiger partial charge in [-0.05, 0) is 32.9 Å². The van der Waals surface area contributed by atoms with E-state index in [2.05, 4.69) is 25.4 Å². The Hall–Kier alpha value is -3.48. The lowest BCUT2D eigenvalue weighted by atomic mass is 10.3. The van der Waals surface area contributed by atoms with Crippen molar-refractivity contribution in [2.24, 2.45) is 5.16 Å². The second kappa shape index (κ2) is 10.3. The van der Waals surface area contributed by atoms with Crippen LogP contribution in [-0.2, 0) is 14.9 Å². The summed E-state index contributed by atoms with van der Waals surface area (Å²) in [7, 11) is -2.91. The van der Waals surface area contributed by atoms with Crippen LogP contribution in [0.4, 0.5) is 10.7 Å². The van der Waals surface area contributed by atoms with Crippen molar-refractivity contribution in [2.75, 3.05) is 25.6 Å². The van der Waals surface area contributed by atoms with Crippen molar-refractivity contribution in [1.29, 1.82) is 0 Å². The number of hydrogen-bond donors (Lipinski definition) is 2. The Morgan fingerprint density at radius 1 is 1.20 bits per heavy atom. The zero-order chi connectivity index (χ0) is 22.1. The average molecular weight is 438 g/mol. The first-order valence-electron chi connectivity index (χ1n) is 8.73. The lowest BCUT2D eigenvalue weighted by molar-refractivity contribution is 0.156. The van der Waals surface area contributed by atoms with Crippen LogP contribution in [0.2, 0.25) is 0 Å². The summed E-state index contributed by atoms with van der Waals surface area (Å²) in [6.07, 6.45) is 0. The molecule has 0 spiro atoms. The van der Waals surface area contributed by atoms with Crippen molar-refractivity contribution in [2.45, 2.75) is 25.7 Å². The molecule has 2 N–H and O–H groups in total. The molecule has 12 nitrogen and oxygen atoms in total. The van der Waals surface area contributed by atoms with E-state index in [1.54, 1.807) is 26.8 Å². The Bertz CT molecular complexity index is 1030. The van der Waals surface area contributed by atoms with Crippen LogP contribution in [0, 0.1) is 6.92 Å². The summed E-state index contributed by atoms with van der Waals surface area (Å²) in [6.45, 7) is 5.42. The summed E-state index contributed by atoms with van der Waals surface area (Å²) in [6, 6.07) is 4.77. The van der Waals surface area contributed by atoms with Gasteiger partial charge in [0, 0.05) is 0 Å². The van der Waals surface area contributed by atoms with Crippen molar-refractivity contribution >= 4 is 27.7 Å². The molecule has 0 aliphatic heterocycles. The smallest absolute Gasteiger partial charge is 0.335 e. The molecular weight excluding hydrogens is 416 g/mol. The topological polar surface area (TPSA) is 154 Å². The zero-order valence-electron chi connectivity index (χ0n) is 16.9. The summed E-state index contributed by atoms with van der Waals surface area (Å²) in [5.41, 5.74) is 0.508. The van der Waals surface area contributed by atoms with E-state index in [1.807, 2.05) is 4.72 Å². The Kier molecular flexibility index (Phi) is 7.86. The van der Waals surface area contributed by atoms with Crippen molar-refractivity contribution in [3.05, 3.63) is 30.1 Å². The van der Waals surface area contributed by atoms with Crippen LogP contribution < -0.4 is 19.5 Å². The molecule has 2 rings (SSSR count). The van der Waals surface area contributed by atoms with Gasteiger partial charge in [0.1, 0.15) is 29.7 Å². The predicted molar refractivity (Wildman–Crippen MR) is 107 cm³/mol. The molecule has 0 fully saturated rings. The van der Waals surface area contributed by atoms with Crippen molar-refractivity contribution in [1.82, 2.24) is 19.7 Å². The standard InChI is InChI=1S/C17H22N6O6S/c1-5-29-22-11(2)10-28-13-8-6-7-9-14(13)30(25,26)23-16(24)20-15-18-12(3)19-17(21-15)27-4/h6-9H,5,10H2,1-4H3,(H2,18,19,20,21,23,24)/b22-11+. The van der Waals surface area contributed by atoms with E-state index in [-0.39, 0.29) is 35.0 Å². The van der Waals surface area contributed by atoms with Crippen LogP contribution in [0.15, 0.2) is 34.3 Å². The van der Waals surface area contributed by atoms with E-state index in [0.717, 1.165) is 0 Å². The zero-order valence-corrected chi connectivity index (χ0v) is 17.7. The van der Waals surface area contributed by atoms with Crippen LogP contribution in [0.1, 0.15) is 19.7 Å². The highest BCUT2D eigenvalue weighted by Gasteiger charge is 2.23. The summed E-state index contributed by atoms with van der Waals surface area (Å²) < 4.78 is 37.6. The molecule has 2 aromatic rings. The van der Waals surface area contributed by atoms with E-state index < -0.39 is 16.1 Å². The molecule has 0 unspecified atom stereocenters. The van der Waals surface area contributed by atoms with E-state index in [9.17, 15) is 13.2 Å². The van der Waals surface area contributed by atoms with Gasteiger partial charge in [0.15, 0.2) is 0 Å². The lowest BCUT2D eigenvalue weighted by Gasteiger charge is -2.13. The van der Waals surface area contributed by atoms with Gasteiger partial charge in [0.25, 0.3) is 10.0 Å². The third-order valence-electron chi connectivity index (χ3n) is 3.29. The third kappa shape index (κ3) is 6.55. The fourth-order valence-electron chi connectivity index (χ4n) is 2.08. The molecular formula is C17H22N6O6S. The number of benzene rings is 1. The molecule has 162 valence electrons. The number of ether oxygens (including phenoxy) is 2. The number of amides is 2. The lowest BCUT2D eigenvalue weighted by Crippen LogP contribution is -2.35. The summed E-state index contributed by atoms with van der Waals surface area (Å²) >= 11 is 0. The van der Waals surface area contributed by atoms with Crippen molar-refractivity contribution < 1.29 is 27.5 Å². The minimum absolute atomic E-state index is 0.00264. The number of hydrogen-bond acceptors (Lipinski definition) is 10. The summed E-state index contributed by atoms with van der Waals surface area (Å²) in [5, 5.41) is 6.03. The Balaban J connectivity index is 2.13. The monoisotopic (exact) mass is 438 g/mol. The number of anilines is 1. The molecule has 13 heteroatoms. The Morgan fingerprint density at radius 3 is 2.63 bits per heavy atom. The number of nitrogens with one attached hydrogen (secondary N) is 2. The second-order valence-electron chi connectivity index (χ2n) is 5.73. The molecule has 0 saturated carbocycles. The molecule has 0 saturated heterocycles. The number of methoxy groups -OCH3 is 1. The first-order valence-corrected chi connectivity index (χ1v) is 10.2. The number of rotatable bonds is 9. The van der Waals surface area contributed by atoms with Crippen molar-refractivity contribution in [3.8, 4) is 11.8 Å². The number of sulfonamides is 1. The Labute approximate surface area is 173 Å². The van der Waals surface area contributed by atoms with Crippen LogP contribution >= 0.6 is 0 Å². The summed E-state index contributed by atoms with van der Waals surface area (Å²) in [4.78, 5) is 28.5. The van der Waals surface area contributed by atoms with Crippen LogP contribution in [0.5, 0.6) is 11.8 Å². The molecule has 0 aliphatic carbocycles. The number of carbonyl (C=O) groups is 1. The number of aromatic nitrogens is 3. The summed E-state index contributed by atoms with van der Waals surface area (Å²) in [5.74, 6) is 0.156. The molecule has 0 bridgehead atoms. The largest absolute Gasteiger partial charge is 0.486 e. The fourth-order valence-corrected chi connectivity index (χ4v) is 3.14. The number of nitrogens with zero attached hydrogens (tertiary/aromatic N) is 4. The van der Waals surface area contributed by atoms with E-state index in [0.29, 0.717) is 12.3 Å². The molecule has 0 radical (unpaired) electrons. The van der Waals surface area contributed by atoms with E-state index in [4.69, 9.17) is 14.3 Å². The molecule has 1 aromatic carbocycles. The SMILES string of the molecule is CCO/N=C(\C)COc1ccccc1S(=O)(=O)NC(=O)Nc1nc(C)nc(OC)n1. The Morgan fingerprint density at radius 2 is 1.93 bits per heavy atom. The molecule has 0 atom stereocenters. The van der Waals surface area contributed by atoms with Crippen LogP contribution in [0.25, 0.3) is 0 Å². The maximum Gasteiger partial charge on any atom is 0.335 e. The maximum absolute atomic E-state index is 12.7. The number of urea groups is 1. The van der Waals surface area contributed by atoms with Crippen LogP contribution in [-0.4, -0.2) is 55.4 Å². The van der Waals surface area contributed by atoms with Gasteiger partial charge in [-0.2, -0.15) is 15.0 Å². The van der Waals surface area contributed by atoms with Gasteiger partial charge in [0.2, 0.25) is 5.95 Å². The number of oxime groups is 1. The normalized spacial score (nSPS) is 11.5. The highest BCUT2D eigenvalue weighted by molar-refractivity contribution is 7.90. The minimum atomic E-state index is -4.26. The minimum Gasteiger partial charge on any atom is -0.486 e. The highest BCUT2D eigenvalue weighted by Crippen LogP contribution is 2.23. The number of carbonyl (C=O) groups excluding carboxylic acids is 1. The van der Waals surface area contributed by atoms with Crippen molar-refractivity contribution in [3.63, 3.8) is 0 Å². The molecule has 0 aliphatic rings. The second-order valence-corrected chi connectivity index (χ2v) is 7.38.